The molecule has 9 heteroatoms. The van der Waals surface area contributed by atoms with Gasteiger partial charge >= 0.3 is 5.97 Å². The van der Waals surface area contributed by atoms with E-state index < -0.39 is 17.3 Å². The van der Waals surface area contributed by atoms with Gasteiger partial charge in [0.1, 0.15) is 5.84 Å². The first-order valence-corrected chi connectivity index (χ1v) is 12.0. The van der Waals surface area contributed by atoms with Crippen LogP contribution in [0.2, 0.25) is 0 Å². The second kappa shape index (κ2) is 13.0. The van der Waals surface area contributed by atoms with Gasteiger partial charge in [-0.25, -0.2) is 4.79 Å². The van der Waals surface area contributed by atoms with E-state index in [-0.39, 0.29) is 37.2 Å². The molecule has 3 aromatic carbocycles. The average Bonchev–Trinajstić information content (AvgIpc) is 2.89. The Balaban J connectivity index is 0.00000481. The number of carbonyl (C=O) groups excluding carboxylic acids is 3. The quantitative estimate of drug-likeness (QED) is 0.129. The summed E-state index contributed by atoms with van der Waals surface area (Å²) in [5.74, 6) is -1.47. The maximum atomic E-state index is 13.0. The highest BCUT2D eigenvalue weighted by Crippen LogP contribution is 2.29. The van der Waals surface area contributed by atoms with E-state index in [1.807, 2.05) is 6.92 Å². The van der Waals surface area contributed by atoms with Crippen molar-refractivity contribution in [2.45, 2.75) is 45.2 Å². The number of hydrogen-bond acceptors (Lipinski definition) is 6. The monoisotopic (exact) mass is 524 g/mol. The van der Waals surface area contributed by atoms with Crippen molar-refractivity contribution in [3.63, 3.8) is 0 Å². The fraction of sp³-hybridized carbons (Fsp3) is 0.286. The first-order valence-electron chi connectivity index (χ1n) is 12.0. The standard InChI is InChI=1S/C28H32N4O4.ClH/c1-3-5-9-24(33)28(31,27(35)36-4-2)21-14-15-22-20(16-21)7-6-8-23(22)26(34)32-17-18-10-12-19(13-11-18)25(29)30;/h6-8,10-16H,3-5,9,17,31H2,1-2H3,(H3,29,30)(H,32,34);1H. The number of unbranched alkanes of at least 4 members (excludes halogenated alkanes) is 1. The Hall–Kier alpha value is -3.75. The summed E-state index contributed by atoms with van der Waals surface area (Å²) in [5, 5.41) is 11.7. The molecule has 0 aliphatic heterocycles. The number of nitrogen functional groups attached to an aromatic ring is 1. The molecule has 0 saturated heterocycles. The van der Waals surface area contributed by atoms with Crippen molar-refractivity contribution in [1.82, 2.24) is 5.32 Å². The fourth-order valence-electron chi connectivity index (χ4n) is 3.98. The minimum atomic E-state index is -1.91. The van der Waals surface area contributed by atoms with Gasteiger partial charge in [0.2, 0.25) is 0 Å². The van der Waals surface area contributed by atoms with E-state index in [2.05, 4.69) is 5.32 Å². The molecule has 1 amide bonds. The van der Waals surface area contributed by atoms with Crippen molar-refractivity contribution in [3.8, 4) is 0 Å². The number of Topliss-reactive ketones (excluding diaryl/α,β-unsaturated/α-hetero) is 1. The number of ether oxygens (including phenoxy) is 1. The number of halogens is 1. The molecule has 8 nitrogen and oxygen atoms in total. The summed E-state index contributed by atoms with van der Waals surface area (Å²) >= 11 is 0. The number of amidine groups is 1. The van der Waals surface area contributed by atoms with E-state index >= 15 is 0 Å². The Morgan fingerprint density at radius 1 is 1.03 bits per heavy atom. The van der Waals surface area contributed by atoms with Crippen LogP contribution < -0.4 is 16.8 Å². The first-order chi connectivity index (χ1) is 17.2. The van der Waals surface area contributed by atoms with Crippen LogP contribution in [0.5, 0.6) is 0 Å². The van der Waals surface area contributed by atoms with E-state index in [9.17, 15) is 14.4 Å². The number of amides is 1. The Morgan fingerprint density at radius 2 is 1.73 bits per heavy atom. The van der Waals surface area contributed by atoms with Crippen molar-refractivity contribution in [2.24, 2.45) is 11.5 Å². The number of fused-ring (bicyclic) bond motifs is 1. The normalized spacial score (nSPS) is 12.2. The number of esters is 1. The predicted molar refractivity (Wildman–Crippen MR) is 147 cm³/mol. The van der Waals surface area contributed by atoms with Gasteiger partial charge in [0, 0.05) is 24.1 Å². The van der Waals surface area contributed by atoms with Crippen LogP contribution in [0.15, 0.2) is 60.7 Å². The number of nitrogens with one attached hydrogen (secondary N) is 2. The largest absolute Gasteiger partial charge is 0.464 e. The molecule has 0 radical (unpaired) electrons. The van der Waals surface area contributed by atoms with Gasteiger partial charge in [-0.2, -0.15) is 0 Å². The summed E-state index contributed by atoms with van der Waals surface area (Å²) < 4.78 is 5.16. The number of nitrogens with two attached hydrogens (primary N) is 2. The van der Waals surface area contributed by atoms with Crippen molar-refractivity contribution in [2.75, 3.05) is 6.61 Å². The molecule has 0 aliphatic carbocycles. The number of hydrogen-bond donors (Lipinski definition) is 4. The molecular formula is C28H33ClN4O4. The van der Waals surface area contributed by atoms with Gasteiger partial charge in [-0.3, -0.25) is 15.0 Å². The molecule has 0 saturated carbocycles. The Bertz CT molecular complexity index is 1290. The minimum Gasteiger partial charge on any atom is -0.464 e. The van der Waals surface area contributed by atoms with Crippen molar-refractivity contribution in [3.05, 3.63) is 82.9 Å². The molecule has 196 valence electrons. The lowest BCUT2D eigenvalue weighted by Crippen LogP contribution is -2.52. The van der Waals surface area contributed by atoms with Crippen molar-refractivity contribution in [1.29, 1.82) is 5.41 Å². The summed E-state index contributed by atoms with van der Waals surface area (Å²) in [4.78, 5) is 38.8. The highest BCUT2D eigenvalue weighted by Gasteiger charge is 2.44. The van der Waals surface area contributed by atoms with Crippen molar-refractivity contribution < 1.29 is 19.1 Å². The van der Waals surface area contributed by atoms with E-state index in [1.54, 1.807) is 67.6 Å². The van der Waals surface area contributed by atoms with E-state index in [0.29, 0.717) is 40.4 Å². The van der Waals surface area contributed by atoms with Crippen LogP contribution in [-0.4, -0.2) is 30.1 Å². The molecule has 1 unspecified atom stereocenters. The summed E-state index contributed by atoms with van der Waals surface area (Å²) in [6.45, 7) is 4.03. The van der Waals surface area contributed by atoms with Gasteiger partial charge in [0.05, 0.1) is 6.61 Å². The third-order valence-corrected chi connectivity index (χ3v) is 6.09. The van der Waals surface area contributed by atoms with Crippen LogP contribution in [-0.2, 0) is 26.4 Å². The third-order valence-electron chi connectivity index (χ3n) is 6.09. The predicted octanol–water partition coefficient (Wildman–Crippen LogP) is 3.95. The molecule has 0 heterocycles. The van der Waals surface area contributed by atoms with Gasteiger partial charge in [-0.15, -0.1) is 12.4 Å². The molecule has 0 fully saturated rings. The maximum absolute atomic E-state index is 13.0. The molecule has 0 aromatic heterocycles. The van der Waals surface area contributed by atoms with E-state index in [0.717, 1.165) is 12.0 Å². The van der Waals surface area contributed by atoms with E-state index in [1.165, 1.54) is 0 Å². The topological polar surface area (TPSA) is 148 Å². The fourth-order valence-corrected chi connectivity index (χ4v) is 3.98. The van der Waals surface area contributed by atoms with Crippen LogP contribution in [0.1, 0.15) is 60.2 Å². The van der Waals surface area contributed by atoms with E-state index in [4.69, 9.17) is 21.6 Å². The zero-order valence-corrected chi connectivity index (χ0v) is 21.8. The highest BCUT2D eigenvalue weighted by molar-refractivity contribution is 6.11. The number of benzene rings is 3. The SMILES string of the molecule is CCCCC(=O)C(N)(C(=O)OCC)c1ccc2c(C(=O)NCc3ccc(C(=N)N)cc3)cccc2c1.Cl. The van der Waals surface area contributed by atoms with Gasteiger partial charge < -0.3 is 21.5 Å². The zero-order valence-electron chi connectivity index (χ0n) is 21.0. The van der Waals surface area contributed by atoms with Gasteiger partial charge in [-0.1, -0.05) is 61.9 Å². The zero-order chi connectivity index (χ0) is 26.3. The lowest BCUT2D eigenvalue weighted by Gasteiger charge is -2.26. The number of carbonyl (C=O) groups is 3. The van der Waals surface area contributed by atoms with Crippen LogP contribution in [0.4, 0.5) is 0 Å². The van der Waals surface area contributed by atoms with Gasteiger partial charge in [-0.05, 0) is 47.4 Å². The molecule has 0 aliphatic rings. The first kappa shape index (κ1) is 29.5. The lowest BCUT2D eigenvalue weighted by atomic mass is 9.83. The van der Waals surface area contributed by atoms with Crippen LogP contribution >= 0.6 is 12.4 Å². The van der Waals surface area contributed by atoms with Crippen LogP contribution in [0.3, 0.4) is 0 Å². The Labute approximate surface area is 222 Å². The lowest BCUT2D eigenvalue weighted by molar-refractivity contribution is -0.154. The number of rotatable bonds is 11. The minimum absolute atomic E-state index is 0. The molecule has 3 rings (SSSR count). The summed E-state index contributed by atoms with van der Waals surface area (Å²) in [5.41, 5.74) is 12.3. The maximum Gasteiger partial charge on any atom is 0.338 e. The summed E-state index contributed by atoms with van der Waals surface area (Å²) in [7, 11) is 0. The van der Waals surface area contributed by atoms with Gasteiger partial charge in [0.25, 0.3) is 5.91 Å². The molecule has 0 bridgehead atoms. The molecule has 37 heavy (non-hydrogen) atoms. The molecular weight excluding hydrogens is 492 g/mol. The number of ketones is 1. The van der Waals surface area contributed by atoms with Crippen LogP contribution in [0.25, 0.3) is 10.8 Å². The second-order valence-electron chi connectivity index (χ2n) is 8.59. The Kier molecular flexibility index (Phi) is 10.3. The molecule has 6 N–H and O–H groups in total. The highest BCUT2D eigenvalue weighted by atomic mass is 35.5. The van der Waals surface area contributed by atoms with Crippen LogP contribution in [0, 0.1) is 5.41 Å². The average molecular weight is 525 g/mol. The molecule has 3 aromatic rings. The summed E-state index contributed by atoms with van der Waals surface area (Å²) in [6.07, 6.45) is 1.58. The van der Waals surface area contributed by atoms with Gasteiger partial charge in [0.15, 0.2) is 11.3 Å². The molecule has 0 spiro atoms. The second-order valence-corrected chi connectivity index (χ2v) is 8.59. The smallest absolute Gasteiger partial charge is 0.338 e. The third kappa shape index (κ3) is 6.53. The summed E-state index contributed by atoms with van der Waals surface area (Å²) in [6, 6.07) is 17.3. The Morgan fingerprint density at radius 3 is 2.35 bits per heavy atom. The van der Waals surface area contributed by atoms with Crippen molar-refractivity contribution >= 4 is 46.7 Å². The molecule has 1 atom stereocenters.